The first-order valence-corrected chi connectivity index (χ1v) is 16.2. The van der Waals surface area contributed by atoms with Crippen molar-refractivity contribution in [2.75, 3.05) is 0 Å². The Morgan fingerprint density at radius 2 is 1.15 bits per heavy atom. The average molecular weight is 595 g/mol. The summed E-state index contributed by atoms with van der Waals surface area (Å²) in [4.78, 5) is 0. The maximum absolute atomic E-state index is 6.73. The number of hydrogen-bond acceptors (Lipinski definition) is 1. The van der Waals surface area contributed by atoms with Crippen molar-refractivity contribution in [3.63, 3.8) is 0 Å². The zero-order chi connectivity index (χ0) is 31.5. The molecular formula is C45H38O. The van der Waals surface area contributed by atoms with Gasteiger partial charge in [0, 0.05) is 16.5 Å². The highest BCUT2D eigenvalue weighted by Crippen LogP contribution is 2.48. The normalized spacial score (nSPS) is 13.2. The van der Waals surface area contributed by atoms with E-state index in [4.69, 9.17) is 4.74 Å². The van der Waals surface area contributed by atoms with Gasteiger partial charge in [0.2, 0.25) is 0 Å². The first-order valence-electron chi connectivity index (χ1n) is 16.2. The van der Waals surface area contributed by atoms with Gasteiger partial charge >= 0.3 is 0 Å². The highest BCUT2D eigenvalue weighted by Gasteiger charge is 2.28. The van der Waals surface area contributed by atoms with Crippen LogP contribution in [0.5, 0.6) is 5.75 Å². The number of allylic oxidation sites excluding steroid dienone is 3. The van der Waals surface area contributed by atoms with E-state index in [2.05, 4.69) is 136 Å². The summed E-state index contributed by atoms with van der Waals surface area (Å²) >= 11 is 0. The van der Waals surface area contributed by atoms with E-state index in [9.17, 15) is 0 Å². The summed E-state index contributed by atoms with van der Waals surface area (Å²) in [6, 6.07) is 51.5. The van der Waals surface area contributed by atoms with Crippen molar-refractivity contribution in [1.82, 2.24) is 0 Å². The minimum absolute atomic E-state index is 0.970. The molecule has 1 heterocycles. The molecule has 9 rings (SSSR count). The lowest BCUT2D eigenvalue weighted by molar-refractivity contribution is 0.450. The van der Waals surface area contributed by atoms with Crippen LogP contribution in [0.3, 0.4) is 0 Å². The van der Waals surface area contributed by atoms with Crippen molar-refractivity contribution < 1.29 is 4.74 Å². The Bertz CT molecular complexity index is 2200. The van der Waals surface area contributed by atoms with E-state index in [1.807, 2.05) is 36.4 Å². The molecule has 0 amide bonds. The lowest BCUT2D eigenvalue weighted by Crippen LogP contribution is -2.11. The zero-order valence-corrected chi connectivity index (χ0v) is 26.8. The molecule has 0 aromatic heterocycles. The fourth-order valence-electron chi connectivity index (χ4n) is 6.52. The van der Waals surface area contributed by atoms with Crippen molar-refractivity contribution in [1.29, 1.82) is 0 Å². The Hall–Kier alpha value is -5.40. The van der Waals surface area contributed by atoms with Crippen LogP contribution < -0.4 is 4.74 Å². The molecule has 1 heteroatoms. The molecular weight excluding hydrogens is 556 g/mol. The number of benzene rings is 7. The summed E-state index contributed by atoms with van der Waals surface area (Å²) in [7, 11) is 0. The van der Waals surface area contributed by atoms with E-state index < -0.39 is 0 Å². The smallest absolute Gasteiger partial charge is 0.138 e. The lowest BCUT2D eigenvalue weighted by Gasteiger charge is -2.29. The van der Waals surface area contributed by atoms with Gasteiger partial charge in [-0.25, -0.2) is 0 Å². The molecule has 0 bridgehead atoms. The van der Waals surface area contributed by atoms with Crippen molar-refractivity contribution >= 4 is 43.5 Å². The molecule has 0 saturated heterocycles. The van der Waals surface area contributed by atoms with E-state index in [-0.39, 0.29) is 0 Å². The third kappa shape index (κ3) is 5.97. The van der Waals surface area contributed by atoms with Gasteiger partial charge in [-0.2, -0.15) is 0 Å². The van der Waals surface area contributed by atoms with Gasteiger partial charge in [0.15, 0.2) is 0 Å². The fraction of sp³-hybridized carbons (Fsp3) is 0.111. The summed E-state index contributed by atoms with van der Waals surface area (Å²) in [5.74, 6) is 2.00. The van der Waals surface area contributed by atoms with Crippen molar-refractivity contribution in [2.45, 2.75) is 33.6 Å². The summed E-state index contributed by atoms with van der Waals surface area (Å²) in [5.41, 5.74) is 9.03. The van der Waals surface area contributed by atoms with Gasteiger partial charge in [0.1, 0.15) is 11.5 Å². The molecule has 46 heavy (non-hydrogen) atoms. The Morgan fingerprint density at radius 3 is 1.87 bits per heavy atom. The van der Waals surface area contributed by atoms with Gasteiger partial charge in [-0.1, -0.05) is 156 Å². The molecule has 0 radical (unpaired) electrons. The molecule has 0 spiro atoms. The van der Waals surface area contributed by atoms with Gasteiger partial charge in [-0.3, -0.25) is 0 Å². The molecule has 0 N–H and O–H groups in total. The number of ether oxygens (including phenoxy) is 1. The van der Waals surface area contributed by atoms with Crippen LogP contribution >= 0.6 is 0 Å². The maximum Gasteiger partial charge on any atom is 0.138 e. The van der Waals surface area contributed by atoms with Gasteiger partial charge in [0.25, 0.3) is 0 Å². The molecule has 2 aliphatic rings. The summed E-state index contributed by atoms with van der Waals surface area (Å²) in [5, 5.41) is 7.59. The first kappa shape index (κ1) is 29.3. The Labute approximate surface area is 272 Å². The van der Waals surface area contributed by atoms with E-state index in [1.165, 1.54) is 71.3 Å². The largest absolute Gasteiger partial charge is 0.456 e. The van der Waals surface area contributed by atoms with Crippen LogP contribution in [-0.4, -0.2) is 0 Å². The van der Waals surface area contributed by atoms with Crippen LogP contribution in [0.2, 0.25) is 0 Å². The molecule has 1 nitrogen and oxygen atoms in total. The van der Waals surface area contributed by atoms with Crippen molar-refractivity contribution in [3.05, 3.63) is 185 Å². The molecule has 1 aliphatic carbocycles. The molecule has 0 fully saturated rings. The number of aryl methyl sites for hydroxylation is 3. The standard InChI is InChI=1S/C31H22O.2C7H8/c1-19-12-13-21-17-23(15-14-20(21)16-19)25-8-4-11-28-27-10-5-9-26-24-7-3-2-6-22(24)18-29(30(26)27)32-31(25)28;2*1-7-5-3-2-4-6-7/h2-3,5-10,12-18H,4,11H2,1H3;2*2-6H,1H3. The first-order chi connectivity index (χ1) is 22.5. The summed E-state index contributed by atoms with van der Waals surface area (Å²) in [6.45, 7) is 6.31. The number of rotatable bonds is 1. The Balaban J connectivity index is 0.000000200. The minimum Gasteiger partial charge on any atom is -0.456 e. The van der Waals surface area contributed by atoms with Gasteiger partial charge < -0.3 is 4.74 Å². The zero-order valence-electron chi connectivity index (χ0n) is 26.8. The average Bonchev–Trinajstić information content (AvgIpc) is 3.09. The molecule has 224 valence electrons. The molecule has 0 unspecified atom stereocenters. The minimum atomic E-state index is 0.970. The summed E-state index contributed by atoms with van der Waals surface area (Å²) in [6.07, 6.45) is 4.39. The molecule has 7 aromatic rings. The third-order valence-electron chi connectivity index (χ3n) is 8.83. The molecule has 7 aromatic carbocycles. The van der Waals surface area contributed by atoms with Gasteiger partial charge in [-0.05, 0) is 83.8 Å². The van der Waals surface area contributed by atoms with E-state index in [0.717, 1.165) is 24.4 Å². The molecule has 1 aliphatic heterocycles. The molecule has 0 atom stereocenters. The third-order valence-corrected chi connectivity index (χ3v) is 8.83. The van der Waals surface area contributed by atoms with E-state index >= 15 is 0 Å². The van der Waals surface area contributed by atoms with E-state index in [1.54, 1.807) is 0 Å². The van der Waals surface area contributed by atoms with Gasteiger partial charge in [0.05, 0.1) is 0 Å². The number of hydrogen-bond donors (Lipinski definition) is 0. The van der Waals surface area contributed by atoms with Crippen molar-refractivity contribution in [2.24, 2.45) is 0 Å². The second kappa shape index (κ2) is 12.9. The van der Waals surface area contributed by atoms with E-state index in [0.29, 0.717) is 0 Å². The van der Waals surface area contributed by atoms with Crippen LogP contribution in [0.15, 0.2) is 157 Å². The van der Waals surface area contributed by atoms with Crippen LogP contribution in [0, 0.1) is 20.8 Å². The lowest BCUT2D eigenvalue weighted by atomic mass is 9.84. The Kier molecular flexibility index (Phi) is 8.23. The van der Waals surface area contributed by atoms with Crippen molar-refractivity contribution in [3.8, 4) is 5.75 Å². The Morgan fingerprint density at radius 1 is 0.500 bits per heavy atom. The van der Waals surface area contributed by atoms with Crippen LogP contribution in [0.25, 0.3) is 43.5 Å². The number of fused-ring (bicyclic) bond motifs is 4. The molecule has 0 saturated carbocycles. The van der Waals surface area contributed by atoms with Crippen LogP contribution in [0.4, 0.5) is 0 Å². The fourth-order valence-corrected chi connectivity index (χ4v) is 6.52. The van der Waals surface area contributed by atoms with Crippen LogP contribution in [0.1, 0.15) is 40.7 Å². The summed E-state index contributed by atoms with van der Waals surface area (Å²) < 4.78 is 6.73. The second-order valence-corrected chi connectivity index (χ2v) is 12.3. The van der Waals surface area contributed by atoms with Gasteiger partial charge in [-0.15, -0.1) is 0 Å². The topological polar surface area (TPSA) is 9.23 Å². The quantitative estimate of drug-likeness (QED) is 0.172. The van der Waals surface area contributed by atoms with Crippen LogP contribution in [-0.2, 0) is 0 Å². The highest BCUT2D eigenvalue weighted by atomic mass is 16.5. The highest BCUT2D eigenvalue weighted by molar-refractivity contribution is 6.15. The predicted molar refractivity (Wildman–Crippen MR) is 197 cm³/mol. The predicted octanol–water partition coefficient (Wildman–Crippen LogP) is 12.4. The monoisotopic (exact) mass is 594 g/mol. The maximum atomic E-state index is 6.73. The second-order valence-electron chi connectivity index (χ2n) is 12.3. The SMILES string of the molecule is Cc1ccc2cc(C3=CCCC4=C3Oc3cc5ccccc5c5cccc4c35)ccc2c1.Cc1ccccc1.Cc1ccccc1.